The lowest BCUT2D eigenvalue weighted by Crippen LogP contribution is -2.32. The first-order valence-corrected chi connectivity index (χ1v) is 11.3. The highest BCUT2D eigenvalue weighted by molar-refractivity contribution is 6.53. The van der Waals surface area contributed by atoms with Crippen molar-refractivity contribution in [2.24, 2.45) is 0 Å². The molecular weight excluding hydrogens is 522 g/mol. The zero-order chi connectivity index (χ0) is 24.6. The van der Waals surface area contributed by atoms with Gasteiger partial charge in [-0.3, -0.25) is 9.59 Å². The minimum absolute atomic E-state index is 0.0911. The standard InChI is InChI=1S/C24H14Cl4N2O4/c1-12-2-8-16(11-17(12)26)30-22(31)20(28)21(23(30)32)29-15-6-3-13(4-7-15)24(33)34-19-9-5-14(25)10-18(19)27/h2-11,29H,1H3. The van der Waals surface area contributed by atoms with Crippen LogP contribution in [0.15, 0.2) is 71.4 Å². The molecule has 0 saturated carbocycles. The van der Waals surface area contributed by atoms with Crippen LogP contribution in [0.3, 0.4) is 0 Å². The summed E-state index contributed by atoms with van der Waals surface area (Å²) in [5.41, 5.74) is 1.69. The van der Waals surface area contributed by atoms with Crippen LogP contribution in [0.2, 0.25) is 15.1 Å². The van der Waals surface area contributed by atoms with E-state index < -0.39 is 17.8 Å². The number of carbonyl (C=O) groups is 3. The highest BCUT2D eigenvalue weighted by atomic mass is 35.5. The van der Waals surface area contributed by atoms with E-state index in [0.717, 1.165) is 10.5 Å². The molecule has 0 aromatic heterocycles. The number of ether oxygens (including phenoxy) is 1. The first kappa shape index (κ1) is 24.1. The first-order chi connectivity index (χ1) is 16.2. The van der Waals surface area contributed by atoms with Gasteiger partial charge in [0, 0.05) is 15.7 Å². The van der Waals surface area contributed by atoms with Gasteiger partial charge in [0.25, 0.3) is 11.8 Å². The summed E-state index contributed by atoms with van der Waals surface area (Å²) < 4.78 is 5.29. The van der Waals surface area contributed by atoms with Crippen molar-refractivity contribution in [1.82, 2.24) is 0 Å². The van der Waals surface area contributed by atoms with E-state index in [1.54, 1.807) is 37.3 Å². The highest BCUT2D eigenvalue weighted by Crippen LogP contribution is 2.32. The molecule has 0 unspecified atom stereocenters. The maximum atomic E-state index is 12.9. The van der Waals surface area contributed by atoms with Crippen LogP contribution in [0.5, 0.6) is 5.75 Å². The molecule has 2 amide bonds. The quantitative estimate of drug-likeness (QED) is 0.226. The molecule has 0 radical (unpaired) electrons. The van der Waals surface area contributed by atoms with E-state index in [-0.39, 0.29) is 27.1 Å². The molecule has 1 N–H and O–H groups in total. The molecule has 0 bridgehead atoms. The molecule has 0 fully saturated rings. The van der Waals surface area contributed by atoms with E-state index in [1.165, 1.54) is 30.3 Å². The van der Waals surface area contributed by atoms with E-state index in [2.05, 4.69) is 5.32 Å². The molecule has 6 nitrogen and oxygen atoms in total. The van der Waals surface area contributed by atoms with Crippen LogP contribution in [-0.2, 0) is 9.59 Å². The number of aryl methyl sites for hydroxylation is 1. The molecule has 10 heteroatoms. The molecule has 0 saturated heterocycles. The summed E-state index contributed by atoms with van der Waals surface area (Å²) in [6.07, 6.45) is 0. The van der Waals surface area contributed by atoms with Gasteiger partial charge in [-0.2, -0.15) is 0 Å². The molecule has 34 heavy (non-hydrogen) atoms. The van der Waals surface area contributed by atoms with Crippen molar-refractivity contribution in [3.05, 3.63) is 97.6 Å². The third-order valence-corrected chi connectivity index (χ3v) is 6.22. The normalized spacial score (nSPS) is 13.5. The number of carbonyl (C=O) groups excluding carboxylic acids is 3. The lowest BCUT2D eigenvalue weighted by molar-refractivity contribution is -0.120. The lowest BCUT2D eigenvalue weighted by atomic mass is 10.2. The molecule has 0 aliphatic carbocycles. The fraction of sp³-hybridized carbons (Fsp3) is 0.0417. The van der Waals surface area contributed by atoms with Gasteiger partial charge in [-0.1, -0.05) is 52.5 Å². The number of hydrogen-bond acceptors (Lipinski definition) is 5. The molecule has 1 heterocycles. The molecule has 0 spiro atoms. The second-order valence-corrected chi connectivity index (χ2v) is 8.86. The van der Waals surface area contributed by atoms with Gasteiger partial charge in [0.1, 0.15) is 16.5 Å². The van der Waals surface area contributed by atoms with Gasteiger partial charge in [0.15, 0.2) is 0 Å². The summed E-state index contributed by atoms with van der Waals surface area (Å²) in [6, 6.07) is 15.4. The van der Waals surface area contributed by atoms with Crippen molar-refractivity contribution in [3.63, 3.8) is 0 Å². The van der Waals surface area contributed by atoms with E-state index in [4.69, 9.17) is 51.1 Å². The van der Waals surface area contributed by atoms with E-state index >= 15 is 0 Å². The third kappa shape index (κ3) is 4.76. The van der Waals surface area contributed by atoms with Crippen LogP contribution in [-0.4, -0.2) is 17.8 Å². The molecule has 3 aromatic rings. The third-order valence-electron chi connectivity index (χ3n) is 4.93. The fourth-order valence-electron chi connectivity index (χ4n) is 3.12. The van der Waals surface area contributed by atoms with Gasteiger partial charge < -0.3 is 10.1 Å². The molecule has 4 rings (SSSR count). The Morgan fingerprint density at radius 2 is 1.56 bits per heavy atom. The number of hydrogen-bond donors (Lipinski definition) is 1. The lowest BCUT2D eigenvalue weighted by Gasteiger charge is -2.16. The van der Waals surface area contributed by atoms with Crippen LogP contribution in [0.4, 0.5) is 11.4 Å². The zero-order valence-electron chi connectivity index (χ0n) is 17.4. The van der Waals surface area contributed by atoms with Crippen LogP contribution in [0, 0.1) is 6.92 Å². The Labute approximate surface area is 214 Å². The monoisotopic (exact) mass is 534 g/mol. The number of benzene rings is 3. The summed E-state index contributed by atoms with van der Waals surface area (Å²) in [5, 5.41) is 3.61. The van der Waals surface area contributed by atoms with E-state index in [1.807, 2.05) is 0 Å². The van der Waals surface area contributed by atoms with Crippen LogP contribution in [0.25, 0.3) is 0 Å². The van der Waals surface area contributed by atoms with Gasteiger partial charge in [-0.15, -0.1) is 0 Å². The van der Waals surface area contributed by atoms with Crippen molar-refractivity contribution >= 4 is 75.6 Å². The van der Waals surface area contributed by atoms with Gasteiger partial charge >= 0.3 is 5.97 Å². The van der Waals surface area contributed by atoms with E-state index in [9.17, 15) is 14.4 Å². The molecular formula is C24H14Cl4N2O4. The maximum absolute atomic E-state index is 12.9. The Hall–Kier alpha value is -3.03. The highest BCUT2D eigenvalue weighted by Gasteiger charge is 2.39. The Morgan fingerprint density at radius 3 is 2.21 bits per heavy atom. The van der Waals surface area contributed by atoms with Crippen LogP contribution < -0.4 is 15.0 Å². The summed E-state index contributed by atoms with van der Waals surface area (Å²) >= 11 is 24.2. The Bertz CT molecular complexity index is 1370. The number of anilines is 2. The van der Waals surface area contributed by atoms with E-state index in [0.29, 0.717) is 21.4 Å². The van der Waals surface area contributed by atoms with Crippen LogP contribution >= 0.6 is 46.4 Å². The number of nitrogens with one attached hydrogen (secondary N) is 1. The zero-order valence-corrected chi connectivity index (χ0v) is 20.4. The average molecular weight is 536 g/mol. The number of nitrogens with zero attached hydrogens (tertiary/aromatic N) is 1. The predicted molar refractivity (Wildman–Crippen MR) is 133 cm³/mol. The van der Waals surface area contributed by atoms with Gasteiger partial charge in [0.05, 0.1) is 16.3 Å². The fourth-order valence-corrected chi connectivity index (χ4v) is 3.95. The second kappa shape index (κ2) is 9.68. The summed E-state index contributed by atoms with van der Waals surface area (Å²) in [6.45, 7) is 1.81. The van der Waals surface area contributed by atoms with Crippen molar-refractivity contribution < 1.29 is 19.1 Å². The number of imide groups is 1. The number of rotatable bonds is 5. The van der Waals surface area contributed by atoms with Crippen molar-refractivity contribution in [1.29, 1.82) is 0 Å². The Morgan fingerprint density at radius 1 is 0.853 bits per heavy atom. The SMILES string of the molecule is Cc1ccc(N2C(=O)C(Cl)=C(Nc3ccc(C(=O)Oc4ccc(Cl)cc4Cl)cc3)C2=O)cc1Cl. The molecule has 1 aliphatic heterocycles. The maximum Gasteiger partial charge on any atom is 0.343 e. The van der Waals surface area contributed by atoms with Crippen molar-refractivity contribution in [2.45, 2.75) is 6.92 Å². The second-order valence-electron chi connectivity index (χ2n) is 7.23. The number of amides is 2. The smallest absolute Gasteiger partial charge is 0.343 e. The van der Waals surface area contributed by atoms with Gasteiger partial charge in [-0.05, 0) is 67.1 Å². The Balaban J connectivity index is 1.49. The number of esters is 1. The van der Waals surface area contributed by atoms with Crippen LogP contribution in [0.1, 0.15) is 15.9 Å². The van der Waals surface area contributed by atoms with Crippen molar-refractivity contribution in [3.8, 4) is 5.75 Å². The van der Waals surface area contributed by atoms with Gasteiger partial charge in [0.2, 0.25) is 0 Å². The first-order valence-electron chi connectivity index (χ1n) is 9.74. The topological polar surface area (TPSA) is 75.7 Å². The van der Waals surface area contributed by atoms with Crippen molar-refractivity contribution in [2.75, 3.05) is 10.2 Å². The number of halogens is 4. The van der Waals surface area contributed by atoms with Gasteiger partial charge in [-0.25, -0.2) is 9.69 Å². The molecule has 1 aliphatic rings. The average Bonchev–Trinajstić information content (AvgIpc) is 3.01. The summed E-state index contributed by atoms with van der Waals surface area (Å²) in [4.78, 5) is 38.9. The minimum Gasteiger partial charge on any atom is -0.421 e. The Kier molecular flexibility index (Phi) is 6.86. The minimum atomic E-state index is -0.672. The summed E-state index contributed by atoms with van der Waals surface area (Å²) in [7, 11) is 0. The molecule has 3 aromatic carbocycles. The summed E-state index contributed by atoms with van der Waals surface area (Å²) in [5.74, 6) is -1.77. The molecule has 0 atom stereocenters. The predicted octanol–water partition coefficient (Wildman–Crippen LogP) is 6.61. The largest absolute Gasteiger partial charge is 0.421 e. The molecule has 172 valence electrons.